The van der Waals surface area contributed by atoms with Gasteiger partial charge in [0.15, 0.2) is 21.3 Å². The molecular weight excluding hydrogens is 510 g/mol. The van der Waals surface area contributed by atoms with Crippen molar-refractivity contribution < 1.29 is 17.9 Å². The van der Waals surface area contributed by atoms with Crippen LogP contribution in [0.5, 0.6) is 0 Å². The number of methoxy groups -OCH3 is 1. The van der Waals surface area contributed by atoms with Crippen molar-refractivity contribution in [1.82, 2.24) is 4.90 Å². The molecule has 0 aromatic heterocycles. The summed E-state index contributed by atoms with van der Waals surface area (Å²) in [6.45, 7) is 0.265. The molecule has 39 heavy (non-hydrogen) atoms. The smallest absolute Gasteiger partial charge is 0.262 e. The summed E-state index contributed by atoms with van der Waals surface area (Å²) >= 11 is 0. The fraction of sp³-hybridized carbons (Fsp3) is 0.548. The highest BCUT2D eigenvalue weighted by atomic mass is 32.2. The van der Waals surface area contributed by atoms with E-state index < -0.39 is 15.4 Å². The van der Waals surface area contributed by atoms with Gasteiger partial charge in [0, 0.05) is 18.8 Å². The van der Waals surface area contributed by atoms with E-state index in [1.807, 2.05) is 18.2 Å². The Morgan fingerprint density at radius 1 is 1.05 bits per heavy atom. The molecular formula is C31H39N3O4S. The van der Waals surface area contributed by atoms with Crippen LogP contribution in [0.2, 0.25) is 0 Å². The fourth-order valence-corrected chi connectivity index (χ4v) is 8.08. The summed E-state index contributed by atoms with van der Waals surface area (Å²) in [6.07, 6.45) is 10.7. The van der Waals surface area contributed by atoms with E-state index in [0.29, 0.717) is 5.56 Å². The number of nitrogens with zero attached hydrogens (tertiary/aromatic N) is 2. The zero-order chi connectivity index (χ0) is 27.4. The molecule has 2 saturated carbocycles. The third-order valence-corrected chi connectivity index (χ3v) is 10.4. The van der Waals surface area contributed by atoms with Gasteiger partial charge in [0.2, 0.25) is 0 Å². The minimum absolute atomic E-state index is 0.0386. The molecule has 0 bridgehead atoms. The SMILES string of the molecule is COC1CCC2(CC1)Cc1ccc(CCC3CC3)cc1C21N=C(N)N(Cc2cccc(CS(C)(=O)=O)c2)C1=O. The summed E-state index contributed by atoms with van der Waals surface area (Å²) in [6, 6.07) is 14.1. The standard InChI is InChI=1S/C31H39N3O4S/c1-38-26-12-14-30(15-13-26)18-25-11-10-22(9-8-21-6-7-21)17-27(25)31(30)28(35)34(29(32)33-31)19-23-4-3-5-24(16-23)20-39(2,36)37/h3-5,10-11,16-17,21,26H,6-9,12-15,18-20H2,1-2H3,(H2,32,33). The number of guanidine groups is 1. The molecule has 0 saturated heterocycles. The molecule has 1 atom stereocenters. The number of carbonyl (C=O) groups excluding carboxylic acids is 1. The second-order valence-electron chi connectivity index (χ2n) is 12.3. The van der Waals surface area contributed by atoms with E-state index in [0.717, 1.165) is 55.6 Å². The Morgan fingerprint density at radius 3 is 2.49 bits per heavy atom. The van der Waals surface area contributed by atoms with E-state index in [-0.39, 0.29) is 35.7 Å². The van der Waals surface area contributed by atoms with Crippen molar-refractivity contribution in [3.8, 4) is 0 Å². The molecule has 1 amide bonds. The van der Waals surface area contributed by atoms with Crippen molar-refractivity contribution in [3.63, 3.8) is 0 Å². The Balaban J connectivity index is 1.36. The molecule has 1 aliphatic heterocycles. The van der Waals surface area contributed by atoms with Crippen LogP contribution in [0.1, 0.15) is 72.8 Å². The van der Waals surface area contributed by atoms with E-state index in [1.54, 1.807) is 18.1 Å². The van der Waals surface area contributed by atoms with Gasteiger partial charge < -0.3 is 10.5 Å². The molecule has 3 aliphatic carbocycles. The Hall–Kier alpha value is -2.71. The number of hydrogen-bond acceptors (Lipinski definition) is 6. The summed E-state index contributed by atoms with van der Waals surface area (Å²) in [4.78, 5) is 21.4. The maximum absolute atomic E-state index is 14.6. The lowest BCUT2D eigenvalue weighted by Gasteiger charge is -2.45. The third kappa shape index (κ3) is 4.80. The molecule has 1 heterocycles. The maximum Gasteiger partial charge on any atom is 0.262 e. The molecule has 1 unspecified atom stereocenters. The molecule has 2 aromatic carbocycles. The first-order valence-electron chi connectivity index (χ1n) is 14.2. The van der Waals surface area contributed by atoms with Crippen LogP contribution in [0, 0.1) is 11.3 Å². The molecule has 2 N–H and O–H groups in total. The van der Waals surface area contributed by atoms with Crippen molar-refractivity contribution in [1.29, 1.82) is 0 Å². The summed E-state index contributed by atoms with van der Waals surface area (Å²) in [5.74, 6) is 1.00. The highest BCUT2D eigenvalue weighted by Crippen LogP contribution is 2.62. The zero-order valence-corrected chi connectivity index (χ0v) is 23.8. The number of aliphatic imine (C=N–C) groups is 1. The van der Waals surface area contributed by atoms with Crippen LogP contribution in [0.15, 0.2) is 47.5 Å². The highest BCUT2D eigenvalue weighted by Gasteiger charge is 2.66. The van der Waals surface area contributed by atoms with Crippen LogP contribution in [0.3, 0.4) is 0 Å². The summed E-state index contributed by atoms with van der Waals surface area (Å²) in [5.41, 5.74) is 10.3. The first-order chi connectivity index (χ1) is 18.6. The van der Waals surface area contributed by atoms with Gasteiger partial charge in [-0.05, 0) is 78.7 Å². The van der Waals surface area contributed by atoms with Gasteiger partial charge in [-0.2, -0.15) is 0 Å². The number of ether oxygens (including phenoxy) is 1. The predicted octanol–water partition coefficient (Wildman–Crippen LogP) is 4.26. The van der Waals surface area contributed by atoms with Crippen LogP contribution in [-0.4, -0.2) is 44.7 Å². The van der Waals surface area contributed by atoms with Crippen LogP contribution >= 0.6 is 0 Å². The average Bonchev–Trinajstić information content (AvgIpc) is 3.65. The molecule has 7 nitrogen and oxygen atoms in total. The van der Waals surface area contributed by atoms with Crippen LogP contribution in [-0.2, 0) is 50.0 Å². The molecule has 2 spiro atoms. The largest absolute Gasteiger partial charge is 0.381 e. The second-order valence-corrected chi connectivity index (χ2v) is 14.5. The lowest BCUT2D eigenvalue weighted by atomic mass is 9.61. The lowest BCUT2D eigenvalue weighted by Crippen LogP contribution is -2.52. The minimum atomic E-state index is -3.17. The van der Waals surface area contributed by atoms with E-state index in [2.05, 4.69) is 18.2 Å². The number of rotatable bonds is 8. The number of carbonyl (C=O) groups is 1. The number of aryl methyl sites for hydroxylation is 1. The molecule has 8 heteroatoms. The molecule has 0 radical (unpaired) electrons. The number of hydrogen-bond donors (Lipinski definition) is 1. The highest BCUT2D eigenvalue weighted by molar-refractivity contribution is 7.89. The van der Waals surface area contributed by atoms with Crippen LogP contribution in [0.25, 0.3) is 0 Å². The first kappa shape index (κ1) is 26.5. The first-order valence-corrected chi connectivity index (χ1v) is 16.3. The Labute approximate surface area is 231 Å². The van der Waals surface area contributed by atoms with E-state index in [9.17, 15) is 13.2 Å². The van der Waals surface area contributed by atoms with Crippen molar-refractivity contribution >= 4 is 21.7 Å². The predicted molar refractivity (Wildman–Crippen MR) is 152 cm³/mol. The van der Waals surface area contributed by atoms with Gasteiger partial charge in [0.05, 0.1) is 18.4 Å². The molecule has 2 aromatic rings. The minimum Gasteiger partial charge on any atom is -0.381 e. The van der Waals surface area contributed by atoms with Crippen LogP contribution in [0.4, 0.5) is 0 Å². The van der Waals surface area contributed by atoms with Crippen molar-refractivity contribution in [2.75, 3.05) is 13.4 Å². The molecule has 6 rings (SSSR count). The van der Waals surface area contributed by atoms with Gasteiger partial charge in [0.1, 0.15) is 0 Å². The molecule has 4 aliphatic rings. The number of nitrogens with two attached hydrogens (primary N) is 1. The summed E-state index contributed by atoms with van der Waals surface area (Å²) < 4.78 is 29.4. The van der Waals surface area contributed by atoms with E-state index in [1.165, 1.54) is 36.6 Å². The van der Waals surface area contributed by atoms with Crippen molar-refractivity contribution in [2.24, 2.45) is 22.1 Å². The van der Waals surface area contributed by atoms with Gasteiger partial charge in [-0.3, -0.25) is 9.69 Å². The maximum atomic E-state index is 14.6. The van der Waals surface area contributed by atoms with Crippen molar-refractivity contribution in [2.45, 2.75) is 81.7 Å². The monoisotopic (exact) mass is 549 g/mol. The van der Waals surface area contributed by atoms with Gasteiger partial charge in [-0.1, -0.05) is 55.3 Å². The Morgan fingerprint density at radius 2 is 1.79 bits per heavy atom. The quantitative estimate of drug-likeness (QED) is 0.530. The van der Waals surface area contributed by atoms with Crippen LogP contribution < -0.4 is 5.73 Å². The third-order valence-electron chi connectivity index (χ3n) is 9.50. The fourth-order valence-electron chi connectivity index (χ4n) is 7.30. The second kappa shape index (κ2) is 9.73. The molecule has 208 valence electrons. The molecule has 2 fully saturated rings. The number of benzene rings is 2. The van der Waals surface area contributed by atoms with Gasteiger partial charge >= 0.3 is 0 Å². The van der Waals surface area contributed by atoms with E-state index >= 15 is 0 Å². The number of sulfone groups is 1. The summed E-state index contributed by atoms with van der Waals surface area (Å²) in [5, 5.41) is 0. The van der Waals surface area contributed by atoms with Crippen molar-refractivity contribution in [3.05, 3.63) is 70.3 Å². The van der Waals surface area contributed by atoms with Gasteiger partial charge in [-0.25, -0.2) is 13.4 Å². The average molecular weight is 550 g/mol. The Kier molecular flexibility index (Phi) is 6.62. The zero-order valence-electron chi connectivity index (χ0n) is 23.0. The topological polar surface area (TPSA) is 102 Å². The number of amides is 1. The normalized spacial score (nSPS) is 28.4. The van der Waals surface area contributed by atoms with Gasteiger partial charge in [0.25, 0.3) is 5.91 Å². The lowest BCUT2D eigenvalue weighted by molar-refractivity contribution is -0.138. The number of fused-ring (bicyclic) bond motifs is 3. The Bertz CT molecular complexity index is 1420. The van der Waals surface area contributed by atoms with Gasteiger partial charge in [-0.15, -0.1) is 0 Å². The summed E-state index contributed by atoms with van der Waals surface area (Å²) in [7, 11) is -1.40. The van der Waals surface area contributed by atoms with E-state index in [4.69, 9.17) is 15.5 Å².